The maximum Gasteiger partial charge on any atom is 0.345 e. The van der Waals surface area contributed by atoms with E-state index in [9.17, 15) is 18.3 Å². The van der Waals surface area contributed by atoms with Gasteiger partial charge in [0.05, 0.1) is 10.5 Å². The summed E-state index contributed by atoms with van der Waals surface area (Å²) >= 11 is 6.07. The van der Waals surface area contributed by atoms with E-state index in [-0.39, 0.29) is 10.6 Å². The number of rotatable bonds is 4. The van der Waals surface area contributed by atoms with Crippen LogP contribution in [0.25, 0.3) is 0 Å². The Morgan fingerprint density at radius 3 is 2.31 bits per heavy atom. The molecule has 2 aromatic carbocycles. The fraction of sp³-hybridized carbons (Fsp3) is 0.286. The van der Waals surface area contributed by atoms with Gasteiger partial charge in [-0.15, -0.1) is 0 Å². The van der Waals surface area contributed by atoms with Crippen LogP contribution >= 0.6 is 11.6 Å². The lowest BCUT2D eigenvalue weighted by Crippen LogP contribution is -2.39. The van der Waals surface area contributed by atoms with Gasteiger partial charge in [0.15, 0.2) is 6.10 Å². The van der Waals surface area contributed by atoms with Crippen LogP contribution in [0, 0.1) is 24.2 Å². The fourth-order valence-electron chi connectivity index (χ4n) is 2.47. The Morgan fingerprint density at radius 1 is 1.14 bits per heavy atom. The molecule has 0 aliphatic heterocycles. The average molecular weight is 436 g/mol. The van der Waals surface area contributed by atoms with E-state index >= 15 is 0 Å². The van der Waals surface area contributed by atoms with Crippen LogP contribution in [0.4, 0.5) is 0 Å². The van der Waals surface area contributed by atoms with E-state index in [1.165, 1.54) is 12.1 Å². The Hall–Kier alpha value is -2.53. The SMILES string of the molecule is Cc1ccc(S(N)(=O)=O)cc1C#Cc1cc(Cl)ccc1OC(C(=O)O)C(C)(C)C. The third-order valence-electron chi connectivity index (χ3n) is 4.07. The largest absolute Gasteiger partial charge is 0.478 e. The predicted octanol–water partition coefficient (Wildman–Crippen LogP) is 3.57. The zero-order valence-corrected chi connectivity index (χ0v) is 18.1. The van der Waals surface area contributed by atoms with Crippen LogP contribution in [0.1, 0.15) is 37.5 Å². The second-order valence-corrected chi connectivity index (χ2v) is 9.61. The molecule has 0 spiro atoms. The second-order valence-electron chi connectivity index (χ2n) is 7.61. The van der Waals surface area contributed by atoms with Crippen LogP contribution in [-0.2, 0) is 14.8 Å². The molecule has 0 amide bonds. The molecular formula is C21H22ClNO5S. The lowest BCUT2D eigenvalue weighted by atomic mass is 9.89. The summed E-state index contributed by atoms with van der Waals surface area (Å²) in [5, 5.41) is 15.1. The van der Waals surface area contributed by atoms with E-state index in [4.69, 9.17) is 21.5 Å². The van der Waals surface area contributed by atoms with Crippen LogP contribution in [0.2, 0.25) is 5.02 Å². The molecule has 6 nitrogen and oxygen atoms in total. The third kappa shape index (κ3) is 5.97. The third-order valence-corrected chi connectivity index (χ3v) is 5.21. The number of hydrogen-bond donors (Lipinski definition) is 2. The molecule has 0 heterocycles. The molecule has 2 aromatic rings. The van der Waals surface area contributed by atoms with Gasteiger partial charge in [-0.3, -0.25) is 0 Å². The number of primary sulfonamides is 1. The van der Waals surface area contributed by atoms with Gasteiger partial charge < -0.3 is 9.84 Å². The topological polar surface area (TPSA) is 107 Å². The highest BCUT2D eigenvalue weighted by Crippen LogP contribution is 2.29. The number of ether oxygens (including phenoxy) is 1. The highest BCUT2D eigenvalue weighted by Gasteiger charge is 2.33. The number of hydrogen-bond acceptors (Lipinski definition) is 4. The van der Waals surface area contributed by atoms with Crippen molar-refractivity contribution in [3.8, 4) is 17.6 Å². The minimum atomic E-state index is -3.86. The summed E-state index contributed by atoms with van der Waals surface area (Å²) in [5.74, 6) is 4.97. The molecule has 2 rings (SSSR count). The highest BCUT2D eigenvalue weighted by atomic mass is 35.5. The van der Waals surface area contributed by atoms with Crippen molar-refractivity contribution in [2.24, 2.45) is 10.6 Å². The summed E-state index contributed by atoms with van der Waals surface area (Å²) in [6, 6.07) is 9.10. The first-order chi connectivity index (χ1) is 13.3. The first kappa shape index (κ1) is 22.8. The first-order valence-electron chi connectivity index (χ1n) is 8.63. The number of carbonyl (C=O) groups is 1. The van der Waals surface area contributed by atoms with Crippen molar-refractivity contribution < 1.29 is 23.1 Å². The summed E-state index contributed by atoms with van der Waals surface area (Å²) in [6.45, 7) is 7.06. The number of aryl methyl sites for hydroxylation is 1. The standard InChI is InChI=1S/C21H22ClNO5S/c1-13-5-9-17(29(23,26)27)12-14(13)6-7-15-11-16(22)8-10-18(15)28-19(20(24)25)21(2,3)4/h5,8-12,19H,1-4H3,(H,24,25)(H2,23,26,27). The number of nitrogens with two attached hydrogens (primary N) is 1. The van der Waals surface area contributed by atoms with E-state index in [1.807, 2.05) is 0 Å². The average Bonchev–Trinajstić information content (AvgIpc) is 2.57. The van der Waals surface area contributed by atoms with Crippen molar-refractivity contribution in [2.45, 2.75) is 38.7 Å². The Bertz CT molecular complexity index is 1110. The van der Waals surface area contributed by atoms with Crippen molar-refractivity contribution in [2.75, 3.05) is 0 Å². The number of halogens is 1. The maximum absolute atomic E-state index is 11.6. The van der Waals surface area contributed by atoms with Crippen LogP contribution in [0.5, 0.6) is 5.75 Å². The number of aliphatic carboxylic acids is 1. The quantitative estimate of drug-likeness (QED) is 0.714. The van der Waals surface area contributed by atoms with E-state index in [2.05, 4.69) is 11.8 Å². The molecule has 0 aliphatic carbocycles. The summed E-state index contributed by atoms with van der Waals surface area (Å²) < 4.78 is 28.9. The van der Waals surface area contributed by atoms with Crippen molar-refractivity contribution in [1.29, 1.82) is 0 Å². The number of carboxylic acids is 1. The monoisotopic (exact) mass is 435 g/mol. The van der Waals surface area contributed by atoms with Gasteiger partial charge in [-0.1, -0.05) is 50.3 Å². The van der Waals surface area contributed by atoms with Crippen LogP contribution in [0.15, 0.2) is 41.3 Å². The second kappa shape index (κ2) is 8.46. The molecule has 0 fully saturated rings. The van der Waals surface area contributed by atoms with Gasteiger partial charge in [-0.25, -0.2) is 18.4 Å². The first-order valence-corrected chi connectivity index (χ1v) is 10.6. The zero-order valence-electron chi connectivity index (χ0n) is 16.5. The van der Waals surface area contributed by atoms with Gasteiger partial charge in [-0.05, 0) is 42.8 Å². The Labute approximate surface area is 175 Å². The Kier molecular flexibility index (Phi) is 6.63. The lowest BCUT2D eigenvalue weighted by Gasteiger charge is -2.28. The maximum atomic E-state index is 11.6. The lowest BCUT2D eigenvalue weighted by molar-refractivity contribution is -0.150. The summed E-state index contributed by atoms with van der Waals surface area (Å²) in [7, 11) is -3.86. The molecule has 0 radical (unpaired) electrons. The zero-order chi connectivity index (χ0) is 22.0. The molecule has 0 saturated heterocycles. The molecule has 1 unspecified atom stereocenters. The molecule has 1 atom stereocenters. The Morgan fingerprint density at radius 2 is 1.76 bits per heavy atom. The minimum absolute atomic E-state index is 0.0476. The molecule has 0 bridgehead atoms. The smallest absolute Gasteiger partial charge is 0.345 e. The molecule has 3 N–H and O–H groups in total. The molecular weight excluding hydrogens is 414 g/mol. The molecule has 0 aromatic heterocycles. The van der Waals surface area contributed by atoms with Crippen molar-refractivity contribution in [3.05, 3.63) is 58.1 Å². The molecule has 8 heteroatoms. The normalized spacial score (nSPS) is 12.6. The van der Waals surface area contributed by atoms with E-state index in [1.54, 1.807) is 52.0 Å². The van der Waals surface area contributed by atoms with Gasteiger partial charge in [0, 0.05) is 16.0 Å². The summed E-state index contributed by atoms with van der Waals surface area (Å²) in [6.07, 6.45) is -1.10. The summed E-state index contributed by atoms with van der Waals surface area (Å²) in [5.41, 5.74) is 0.949. The Balaban J connectivity index is 2.51. The molecule has 29 heavy (non-hydrogen) atoms. The molecule has 0 aliphatic rings. The molecule has 154 valence electrons. The number of sulfonamides is 1. The highest BCUT2D eigenvalue weighted by molar-refractivity contribution is 7.89. The van der Waals surface area contributed by atoms with E-state index < -0.39 is 27.5 Å². The predicted molar refractivity (Wildman–Crippen MR) is 111 cm³/mol. The number of carboxylic acid groups (broad SMARTS) is 1. The molecule has 0 saturated carbocycles. The summed E-state index contributed by atoms with van der Waals surface area (Å²) in [4.78, 5) is 11.6. The van der Waals surface area contributed by atoms with Crippen LogP contribution in [-0.4, -0.2) is 25.6 Å². The van der Waals surface area contributed by atoms with Crippen LogP contribution < -0.4 is 9.88 Å². The van der Waals surface area contributed by atoms with Gasteiger partial charge in [-0.2, -0.15) is 0 Å². The van der Waals surface area contributed by atoms with Crippen molar-refractivity contribution in [3.63, 3.8) is 0 Å². The van der Waals surface area contributed by atoms with Crippen molar-refractivity contribution in [1.82, 2.24) is 0 Å². The van der Waals surface area contributed by atoms with Crippen LogP contribution in [0.3, 0.4) is 0 Å². The van der Waals surface area contributed by atoms with Gasteiger partial charge in [0.1, 0.15) is 5.75 Å². The minimum Gasteiger partial charge on any atom is -0.478 e. The van der Waals surface area contributed by atoms with Crippen molar-refractivity contribution >= 4 is 27.6 Å². The van der Waals surface area contributed by atoms with Gasteiger partial charge in [0.2, 0.25) is 10.0 Å². The van der Waals surface area contributed by atoms with Gasteiger partial charge >= 0.3 is 5.97 Å². The van der Waals surface area contributed by atoms with E-state index in [0.717, 1.165) is 5.56 Å². The van der Waals surface area contributed by atoms with E-state index in [0.29, 0.717) is 16.1 Å². The van der Waals surface area contributed by atoms with Gasteiger partial charge in [0.25, 0.3) is 0 Å². The fourth-order valence-corrected chi connectivity index (χ4v) is 3.19. The number of benzene rings is 2.